The van der Waals surface area contributed by atoms with Crippen LogP contribution in [0.4, 0.5) is 11.4 Å². The van der Waals surface area contributed by atoms with Crippen molar-refractivity contribution < 1.29 is 19.1 Å². The monoisotopic (exact) mass is 412 g/mol. The van der Waals surface area contributed by atoms with Gasteiger partial charge < -0.3 is 26.0 Å². The highest BCUT2D eigenvalue weighted by molar-refractivity contribution is 5.98. The third-order valence-corrected chi connectivity index (χ3v) is 4.11. The Morgan fingerprint density at radius 1 is 0.867 bits per heavy atom. The molecule has 0 bridgehead atoms. The molecule has 8 heteroatoms. The highest BCUT2D eigenvalue weighted by atomic mass is 16.5. The molecular weight excluding hydrogens is 384 g/mol. The molecular formula is C22H28N4O4. The van der Waals surface area contributed by atoms with Gasteiger partial charge in [-0.05, 0) is 42.8 Å². The summed E-state index contributed by atoms with van der Waals surface area (Å²) in [5.74, 6) is -0.655. The summed E-state index contributed by atoms with van der Waals surface area (Å²) in [5.41, 5.74) is 2.16. The molecule has 160 valence electrons. The SMILES string of the molecule is CCCNC(=O)c1cccc(NCC(=O)Nc2cccc(C(=O)NCCOC)c2)c1. The molecule has 0 aliphatic heterocycles. The summed E-state index contributed by atoms with van der Waals surface area (Å²) >= 11 is 0. The van der Waals surface area contributed by atoms with Crippen molar-refractivity contribution in [3.63, 3.8) is 0 Å². The number of nitrogens with one attached hydrogen (secondary N) is 4. The lowest BCUT2D eigenvalue weighted by Gasteiger charge is -2.10. The second-order valence-electron chi connectivity index (χ2n) is 6.57. The van der Waals surface area contributed by atoms with Crippen LogP contribution in [0.5, 0.6) is 0 Å². The van der Waals surface area contributed by atoms with E-state index in [4.69, 9.17) is 4.74 Å². The van der Waals surface area contributed by atoms with E-state index >= 15 is 0 Å². The predicted molar refractivity (Wildman–Crippen MR) is 117 cm³/mol. The minimum absolute atomic E-state index is 0.0182. The van der Waals surface area contributed by atoms with E-state index in [9.17, 15) is 14.4 Å². The van der Waals surface area contributed by atoms with Gasteiger partial charge >= 0.3 is 0 Å². The van der Waals surface area contributed by atoms with Crippen LogP contribution in [0.25, 0.3) is 0 Å². The lowest BCUT2D eigenvalue weighted by atomic mass is 10.2. The zero-order chi connectivity index (χ0) is 21.8. The second-order valence-corrected chi connectivity index (χ2v) is 6.57. The second kappa shape index (κ2) is 12.2. The highest BCUT2D eigenvalue weighted by Crippen LogP contribution is 2.12. The number of benzene rings is 2. The van der Waals surface area contributed by atoms with Crippen LogP contribution in [0.1, 0.15) is 34.1 Å². The fourth-order valence-electron chi connectivity index (χ4n) is 2.61. The first kappa shape index (κ1) is 22.9. The Morgan fingerprint density at radius 2 is 1.47 bits per heavy atom. The van der Waals surface area contributed by atoms with Crippen LogP contribution in [0.15, 0.2) is 48.5 Å². The average Bonchev–Trinajstić information content (AvgIpc) is 2.76. The number of anilines is 2. The van der Waals surface area contributed by atoms with Crippen LogP contribution in [0.2, 0.25) is 0 Å². The highest BCUT2D eigenvalue weighted by Gasteiger charge is 2.09. The fraction of sp³-hybridized carbons (Fsp3) is 0.318. The van der Waals surface area contributed by atoms with Gasteiger partial charge in [-0.3, -0.25) is 14.4 Å². The molecule has 8 nitrogen and oxygen atoms in total. The molecule has 0 spiro atoms. The molecule has 0 saturated heterocycles. The van der Waals surface area contributed by atoms with Crippen molar-refractivity contribution in [2.75, 3.05) is 44.0 Å². The van der Waals surface area contributed by atoms with Crippen molar-refractivity contribution >= 4 is 29.1 Å². The summed E-state index contributed by atoms with van der Waals surface area (Å²) in [7, 11) is 1.56. The number of hydrogen-bond acceptors (Lipinski definition) is 5. The molecule has 2 aromatic rings. The Labute approximate surface area is 176 Å². The van der Waals surface area contributed by atoms with Crippen molar-refractivity contribution in [2.45, 2.75) is 13.3 Å². The van der Waals surface area contributed by atoms with Crippen molar-refractivity contribution in [1.29, 1.82) is 0 Å². The van der Waals surface area contributed by atoms with Gasteiger partial charge in [0.05, 0.1) is 13.2 Å². The van der Waals surface area contributed by atoms with Crippen molar-refractivity contribution in [1.82, 2.24) is 10.6 Å². The van der Waals surface area contributed by atoms with Gasteiger partial charge in [0.2, 0.25) is 5.91 Å². The van der Waals surface area contributed by atoms with Gasteiger partial charge in [0.25, 0.3) is 11.8 Å². The van der Waals surface area contributed by atoms with Crippen LogP contribution in [0.3, 0.4) is 0 Å². The van der Waals surface area contributed by atoms with E-state index in [0.717, 1.165) is 6.42 Å². The van der Waals surface area contributed by atoms with Gasteiger partial charge in [-0.25, -0.2) is 0 Å². The van der Waals surface area contributed by atoms with Crippen molar-refractivity contribution in [3.05, 3.63) is 59.7 Å². The number of carbonyl (C=O) groups is 3. The first-order valence-electron chi connectivity index (χ1n) is 9.82. The Morgan fingerprint density at radius 3 is 2.10 bits per heavy atom. The van der Waals surface area contributed by atoms with Crippen molar-refractivity contribution in [2.24, 2.45) is 0 Å². The average molecular weight is 412 g/mol. The third-order valence-electron chi connectivity index (χ3n) is 4.11. The van der Waals surface area contributed by atoms with Crippen LogP contribution >= 0.6 is 0 Å². The molecule has 2 aromatic carbocycles. The van der Waals surface area contributed by atoms with E-state index in [0.29, 0.717) is 42.2 Å². The van der Waals surface area contributed by atoms with E-state index in [2.05, 4.69) is 21.3 Å². The smallest absolute Gasteiger partial charge is 0.251 e. The summed E-state index contributed by atoms with van der Waals surface area (Å²) in [6.45, 7) is 3.45. The van der Waals surface area contributed by atoms with Crippen LogP contribution in [-0.4, -0.2) is 51.1 Å². The summed E-state index contributed by atoms with van der Waals surface area (Å²) in [6, 6.07) is 13.7. The van der Waals surface area contributed by atoms with E-state index in [1.807, 2.05) is 6.92 Å². The maximum atomic E-state index is 12.3. The first-order valence-corrected chi connectivity index (χ1v) is 9.82. The van der Waals surface area contributed by atoms with Crippen molar-refractivity contribution in [3.8, 4) is 0 Å². The molecule has 0 saturated carbocycles. The molecule has 30 heavy (non-hydrogen) atoms. The standard InChI is InChI=1S/C22H28N4O4/c1-3-10-23-21(28)16-6-4-8-18(13-16)25-15-20(27)26-19-9-5-7-17(14-19)22(29)24-11-12-30-2/h4-9,13-14,25H,3,10-12,15H2,1-2H3,(H,23,28)(H,24,29)(H,26,27). The van der Waals surface area contributed by atoms with Gasteiger partial charge in [-0.2, -0.15) is 0 Å². The predicted octanol–water partition coefficient (Wildman–Crippen LogP) is 2.25. The van der Waals surface area contributed by atoms with E-state index < -0.39 is 0 Å². The summed E-state index contributed by atoms with van der Waals surface area (Å²) in [6.07, 6.45) is 0.861. The topological polar surface area (TPSA) is 109 Å². The molecule has 0 fully saturated rings. The number of hydrogen-bond donors (Lipinski definition) is 4. The van der Waals surface area contributed by atoms with Crippen LogP contribution < -0.4 is 21.3 Å². The molecule has 0 radical (unpaired) electrons. The number of ether oxygens (including phenoxy) is 1. The molecule has 0 atom stereocenters. The maximum absolute atomic E-state index is 12.3. The zero-order valence-corrected chi connectivity index (χ0v) is 17.3. The Bertz CT molecular complexity index is 870. The first-order chi connectivity index (χ1) is 14.5. The summed E-state index contributed by atoms with van der Waals surface area (Å²) in [5, 5.41) is 11.3. The van der Waals surface area contributed by atoms with Gasteiger partial charge in [0.15, 0.2) is 0 Å². The fourth-order valence-corrected chi connectivity index (χ4v) is 2.61. The van der Waals surface area contributed by atoms with Gasteiger partial charge in [0.1, 0.15) is 0 Å². The molecule has 0 unspecified atom stereocenters. The number of carbonyl (C=O) groups excluding carboxylic acids is 3. The molecule has 2 rings (SSSR count). The van der Waals surface area contributed by atoms with Crippen LogP contribution in [-0.2, 0) is 9.53 Å². The largest absolute Gasteiger partial charge is 0.383 e. The molecule has 4 N–H and O–H groups in total. The van der Waals surface area contributed by atoms with Crippen LogP contribution in [0, 0.1) is 0 Å². The molecule has 0 aromatic heterocycles. The van der Waals surface area contributed by atoms with Gasteiger partial charge in [-0.15, -0.1) is 0 Å². The Kier molecular flexibility index (Phi) is 9.33. The van der Waals surface area contributed by atoms with E-state index in [1.54, 1.807) is 55.6 Å². The molecule has 0 heterocycles. The minimum atomic E-state index is -0.271. The van der Waals surface area contributed by atoms with Gasteiger partial charge in [-0.1, -0.05) is 19.1 Å². The maximum Gasteiger partial charge on any atom is 0.251 e. The van der Waals surface area contributed by atoms with Gasteiger partial charge in [0, 0.05) is 42.7 Å². The molecule has 0 aliphatic rings. The number of rotatable bonds is 11. The quantitative estimate of drug-likeness (QED) is 0.424. The molecule has 0 aliphatic carbocycles. The third kappa shape index (κ3) is 7.56. The zero-order valence-electron chi connectivity index (χ0n) is 17.3. The summed E-state index contributed by atoms with van der Waals surface area (Å²) < 4.78 is 4.90. The number of methoxy groups -OCH3 is 1. The minimum Gasteiger partial charge on any atom is -0.383 e. The lowest BCUT2D eigenvalue weighted by Crippen LogP contribution is -2.27. The van der Waals surface area contributed by atoms with E-state index in [-0.39, 0.29) is 24.3 Å². The van der Waals surface area contributed by atoms with E-state index in [1.165, 1.54) is 0 Å². The Hall–Kier alpha value is -3.39. The molecule has 3 amide bonds. The lowest BCUT2D eigenvalue weighted by molar-refractivity contribution is -0.114. The number of amides is 3. The Balaban J connectivity index is 1.88. The summed E-state index contributed by atoms with van der Waals surface area (Å²) in [4.78, 5) is 36.4. The normalized spacial score (nSPS) is 10.2.